The molecule has 0 saturated heterocycles. The van der Waals surface area contributed by atoms with Gasteiger partial charge in [-0.1, -0.05) is 31.7 Å². The molecular weight excluding hydrogens is 339 g/mol. The number of nitrogens with one attached hydrogen (secondary N) is 2. The molecule has 7 heteroatoms. The molecule has 1 aliphatic heterocycles. The largest absolute Gasteiger partial charge is 0.455 e. The summed E-state index contributed by atoms with van der Waals surface area (Å²) >= 11 is 0. The van der Waals surface area contributed by atoms with Crippen LogP contribution in [0.5, 0.6) is 0 Å². The van der Waals surface area contributed by atoms with Crippen LogP contribution in [-0.2, 0) is 19.1 Å². The molecular formula is C19H23FN2O4. The van der Waals surface area contributed by atoms with E-state index < -0.39 is 17.7 Å². The standard InChI is InChI=1S/C19H23FN2O4/c20-12-7-8-14-15(10-17(23)22-16(14)9-12)19(25)26-11-18(24)21-13-5-3-1-2-4-6-13/h7-9,13,15H,1-6,10-11H2,(H,21,24)(H,22,23)/t15-/m1/s1. The zero-order valence-electron chi connectivity index (χ0n) is 14.6. The molecule has 0 bridgehead atoms. The fraction of sp³-hybridized carbons (Fsp3) is 0.526. The summed E-state index contributed by atoms with van der Waals surface area (Å²) in [6.45, 7) is -0.371. The summed E-state index contributed by atoms with van der Waals surface area (Å²) < 4.78 is 18.5. The average molecular weight is 362 g/mol. The molecule has 2 N–H and O–H groups in total. The number of fused-ring (bicyclic) bond motifs is 1. The number of ether oxygens (including phenoxy) is 1. The second-order valence-corrected chi connectivity index (χ2v) is 6.90. The number of carbonyl (C=O) groups excluding carboxylic acids is 3. The van der Waals surface area contributed by atoms with Crippen LogP contribution in [0.3, 0.4) is 0 Å². The van der Waals surface area contributed by atoms with E-state index in [9.17, 15) is 18.8 Å². The van der Waals surface area contributed by atoms with E-state index in [1.807, 2.05) is 0 Å². The topological polar surface area (TPSA) is 84.5 Å². The van der Waals surface area contributed by atoms with Gasteiger partial charge in [0, 0.05) is 18.2 Å². The molecule has 1 aliphatic carbocycles. The Morgan fingerprint density at radius 1 is 1.19 bits per heavy atom. The lowest BCUT2D eigenvalue weighted by atomic mass is 9.90. The van der Waals surface area contributed by atoms with E-state index in [4.69, 9.17) is 4.74 Å². The lowest BCUT2D eigenvalue weighted by molar-refractivity contribution is -0.151. The molecule has 0 aromatic heterocycles. The fourth-order valence-corrected chi connectivity index (χ4v) is 3.58. The molecule has 1 saturated carbocycles. The van der Waals surface area contributed by atoms with Crippen LogP contribution in [-0.4, -0.2) is 30.4 Å². The van der Waals surface area contributed by atoms with Crippen molar-refractivity contribution >= 4 is 23.5 Å². The van der Waals surface area contributed by atoms with Crippen LogP contribution in [0.15, 0.2) is 18.2 Å². The van der Waals surface area contributed by atoms with Crippen molar-refractivity contribution in [2.24, 2.45) is 0 Å². The first-order chi connectivity index (χ1) is 12.5. The highest BCUT2D eigenvalue weighted by Gasteiger charge is 2.32. The highest BCUT2D eigenvalue weighted by atomic mass is 19.1. The predicted molar refractivity (Wildman–Crippen MR) is 93.0 cm³/mol. The van der Waals surface area contributed by atoms with Crippen LogP contribution < -0.4 is 10.6 Å². The Kier molecular flexibility index (Phi) is 5.85. The summed E-state index contributed by atoms with van der Waals surface area (Å²) in [5, 5.41) is 5.45. The first-order valence-corrected chi connectivity index (χ1v) is 9.08. The van der Waals surface area contributed by atoms with Crippen LogP contribution in [0.4, 0.5) is 10.1 Å². The van der Waals surface area contributed by atoms with Gasteiger partial charge in [-0.2, -0.15) is 0 Å². The summed E-state index contributed by atoms with van der Waals surface area (Å²) in [6, 6.07) is 4.00. The number of anilines is 1. The maximum absolute atomic E-state index is 13.3. The van der Waals surface area contributed by atoms with E-state index in [1.165, 1.54) is 31.0 Å². The molecule has 0 spiro atoms. The molecule has 3 rings (SSSR count). The molecule has 2 aliphatic rings. The molecule has 0 radical (unpaired) electrons. The molecule has 2 amide bonds. The Morgan fingerprint density at radius 3 is 2.65 bits per heavy atom. The Morgan fingerprint density at radius 2 is 1.92 bits per heavy atom. The normalized spacial score (nSPS) is 20.5. The number of halogens is 1. The third kappa shape index (κ3) is 4.59. The Hall–Kier alpha value is -2.44. The molecule has 140 valence electrons. The number of hydrogen-bond acceptors (Lipinski definition) is 4. The monoisotopic (exact) mass is 362 g/mol. The van der Waals surface area contributed by atoms with Crippen LogP contribution >= 0.6 is 0 Å². The maximum atomic E-state index is 13.3. The summed E-state index contributed by atoms with van der Waals surface area (Å²) in [6.07, 6.45) is 6.37. The van der Waals surface area contributed by atoms with Gasteiger partial charge in [-0.3, -0.25) is 14.4 Å². The van der Waals surface area contributed by atoms with Crippen molar-refractivity contribution in [1.29, 1.82) is 0 Å². The third-order valence-corrected chi connectivity index (χ3v) is 4.90. The lowest BCUT2D eigenvalue weighted by Crippen LogP contribution is -2.38. The quantitative estimate of drug-likeness (QED) is 0.637. The van der Waals surface area contributed by atoms with E-state index in [0.717, 1.165) is 25.7 Å². The molecule has 0 unspecified atom stereocenters. The number of amides is 2. The zero-order valence-corrected chi connectivity index (χ0v) is 14.6. The van der Waals surface area contributed by atoms with Gasteiger partial charge in [0.05, 0.1) is 5.92 Å². The van der Waals surface area contributed by atoms with Crippen molar-refractivity contribution in [3.8, 4) is 0 Å². The van der Waals surface area contributed by atoms with Crippen molar-refractivity contribution in [1.82, 2.24) is 5.32 Å². The number of hydrogen-bond donors (Lipinski definition) is 2. The molecule has 26 heavy (non-hydrogen) atoms. The predicted octanol–water partition coefficient (Wildman–Crippen LogP) is 2.63. The Bertz CT molecular complexity index is 699. The molecule has 1 fully saturated rings. The van der Waals surface area contributed by atoms with Gasteiger partial charge in [-0.15, -0.1) is 0 Å². The molecule has 1 aromatic rings. The van der Waals surface area contributed by atoms with E-state index in [0.29, 0.717) is 5.56 Å². The fourth-order valence-electron chi connectivity index (χ4n) is 3.58. The summed E-state index contributed by atoms with van der Waals surface area (Å²) in [7, 11) is 0. The van der Waals surface area contributed by atoms with Crippen molar-refractivity contribution in [3.63, 3.8) is 0 Å². The van der Waals surface area contributed by atoms with E-state index in [1.54, 1.807) is 0 Å². The lowest BCUT2D eigenvalue weighted by Gasteiger charge is -2.24. The van der Waals surface area contributed by atoms with Crippen molar-refractivity contribution in [2.45, 2.75) is 56.9 Å². The van der Waals surface area contributed by atoms with E-state index in [2.05, 4.69) is 10.6 Å². The number of rotatable bonds is 4. The van der Waals surface area contributed by atoms with Crippen LogP contribution in [0.25, 0.3) is 0 Å². The van der Waals surface area contributed by atoms with Crippen molar-refractivity contribution < 1.29 is 23.5 Å². The Labute approximate surface area is 151 Å². The van der Waals surface area contributed by atoms with Crippen molar-refractivity contribution in [2.75, 3.05) is 11.9 Å². The highest BCUT2D eigenvalue weighted by Crippen LogP contribution is 2.33. The summed E-state index contributed by atoms with van der Waals surface area (Å²) in [5.41, 5.74) is 0.770. The number of esters is 1. The smallest absolute Gasteiger partial charge is 0.314 e. The third-order valence-electron chi connectivity index (χ3n) is 4.90. The summed E-state index contributed by atoms with van der Waals surface area (Å²) in [5.74, 6) is -2.69. The second-order valence-electron chi connectivity index (χ2n) is 6.90. The van der Waals surface area contributed by atoms with Gasteiger partial charge in [0.15, 0.2) is 6.61 Å². The van der Waals surface area contributed by atoms with E-state index in [-0.39, 0.29) is 36.6 Å². The Balaban J connectivity index is 1.56. The molecule has 1 atom stereocenters. The first-order valence-electron chi connectivity index (χ1n) is 9.08. The van der Waals surface area contributed by atoms with Gasteiger partial charge in [0.1, 0.15) is 5.82 Å². The highest BCUT2D eigenvalue weighted by molar-refractivity contribution is 6.00. The minimum absolute atomic E-state index is 0.0816. The second kappa shape index (κ2) is 8.29. The minimum atomic E-state index is -0.829. The van der Waals surface area contributed by atoms with Gasteiger partial charge in [0.25, 0.3) is 5.91 Å². The molecule has 1 heterocycles. The molecule has 1 aromatic carbocycles. The van der Waals surface area contributed by atoms with Gasteiger partial charge in [-0.05, 0) is 30.5 Å². The molecule has 6 nitrogen and oxygen atoms in total. The van der Waals surface area contributed by atoms with Gasteiger partial charge in [0.2, 0.25) is 5.91 Å². The minimum Gasteiger partial charge on any atom is -0.455 e. The number of benzene rings is 1. The van der Waals surface area contributed by atoms with Gasteiger partial charge >= 0.3 is 5.97 Å². The average Bonchev–Trinajstić information content (AvgIpc) is 2.87. The summed E-state index contributed by atoms with van der Waals surface area (Å²) in [4.78, 5) is 36.2. The van der Waals surface area contributed by atoms with Gasteiger partial charge < -0.3 is 15.4 Å². The first kappa shape index (κ1) is 18.4. The number of carbonyl (C=O) groups is 3. The van der Waals surface area contributed by atoms with E-state index >= 15 is 0 Å². The van der Waals surface area contributed by atoms with Crippen molar-refractivity contribution in [3.05, 3.63) is 29.6 Å². The maximum Gasteiger partial charge on any atom is 0.314 e. The van der Waals surface area contributed by atoms with Crippen LogP contribution in [0.2, 0.25) is 0 Å². The SMILES string of the molecule is O=C1C[C@@H](C(=O)OCC(=O)NC2CCCCCC2)c2ccc(F)cc2N1. The van der Waals surface area contributed by atoms with Crippen LogP contribution in [0, 0.1) is 5.82 Å². The van der Waals surface area contributed by atoms with Gasteiger partial charge in [-0.25, -0.2) is 4.39 Å². The zero-order chi connectivity index (χ0) is 18.5. The van der Waals surface area contributed by atoms with Crippen LogP contribution in [0.1, 0.15) is 56.4 Å².